The predicted molar refractivity (Wildman–Crippen MR) is 143 cm³/mol. The number of nitrogens with zero attached hydrogens (tertiary/aromatic N) is 5. The number of hydrogen-bond acceptors (Lipinski definition) is 8. The first-order valence-corrected chi connectivity index (χ1v) is 13.7. The molecule has 0 bridgehead atoms. The lowest BCUT2D eigenvalue weighted by atomic mass is 10.2. The van der Waals surface area contributed by atoms with Crippen LogP contribution >= 0.6 is 66.6 Å². The molecule has 2 aromatic carbocycles. The molecule has 35 heavy (non-hydrogen) atoms. The number of nitrogens with one attached hydrogen (secondary N) is 2. The van der Waals surface area contributed by atoms with Gasteiger partial charge in [0.2, 0.25) is 11.0 Å². The normalized spacial score (nSPS) is 10.9. The summed E-state index contributed by atoms with van der Waals surface area (Å²) < 4.78 is 3.45. The highest BCUT2D eigenvalue weighted by molar-refractivity contribution is 9.10. The van der Waals surface area contributed by atoms with Gasteiger partial charge in [0.25, 0.3) is 5.91 Å². The molecular formula is C21H16Br2ClN7O2S2. The van der Waals surface area contributed by atoms with E-state index >= 15 is 0 Å². The maximum absolute atomic E-state index is 12.7. The molecule has 0 radical (unpaired) electrons. The molecule has 0 aliphatic rings. The van der Waals surface area contributed by atoms with E-state index in [9.17, 15) is 9.59 Å². The summed E-state index contributed by atoms with van der Waals surface area (Å²) in [6, 6.07) is 12.6. The van der Waals surface area contributed by atoms with Gasteiger partial charge in [-0.15, -0.1) is 20.4 Å². The molecule has 0 unspecified atom stereocenters. The third-order valence-corrected chi connectivity index (χ3v) is 7.50. The van der Waals surface area contributed by atoms with Crippen molar-refractivity contribution in [2.75, 3.05) is 11.1 Å². The van der Waals surface area contributed by atoms with Crippen molar-refractivity contribution < 1.29 is 9.59 Å². The Morgan fingerprint density at radius 1 is 1.06 bits per heavy atom. The fourth-order valence-corrected chi connectivity index (χ4v) is 5.12. The smallest absolute Gasteiger partial charge is 0.253 e. The van der Waals surface area contributed by atoms with Gasteiger partial charge in [0, 0.05) is 14.6 Å². The first kappa shape index (κ1) is 25.8. The molecule has 0 saturated heterocycles. The largest absolute Gasteiger partial charge is 0.345 e. The molecule has 0 saturated carbocycles. The van der Waals surface area contributed by atoms with Crippen molar-refractivity contribution in [3.8, 4) is 5.69 Å². The lowest BCUT2D eigenvalue weighted by Gasteiger charge is -2.11. The Balaban J connectivity index is 1.52. The molecule has 0 aliphatic carbocycles. The van der Waals surface area contributed by atoms with Crippen molar-refractivity contribution in [1.29, 1.82) is 0 Å². The molecule has 180 valence electrons. The lowest BCUT2D eigenvalue weighted by Crippen LogP contribution is -2.25. The molecule has 0 fully saturated rings. The quantitative estimate of drug-likeness (QED) is 0.248. The number of rotatable bonds is 8. The number of aryl methyl sites for hydroxylation is 1. The zero-order chi connectivity index (χ0) is 24.9. The SMILES string of the molecule is Cc1nnc(NC(=O)CSc2nnc(CNC(=O)c3cc(Br)ccc3Cl)n2-c2ccc(Br)cc2)s1. The molecule has 2 amide bonds. The molecule has 0 spiro atoms. The zero-order valence-corrected chi connectivity index (χ0v) is 23.5. The van der Waals surface area contributed by atoms with Gasteiger partial charge in [-0.3, -0.25) is 19.5 Å². The number of carbonyl (C=O) groups excluding carboxylic acids is 2. The Bertz CT molecular complexity index is 1380. The minimum absolute atomic E-state index is 0.0906. The average molecular weight is 658 g/mol. The van der Waals surface area contributed by atoms with Crippen molar-refractivity contribution in [2.45, 2.75) is 18.6 Å². The van der Waals surface area contributed by atoms with Crippen molar-refractivity contribution in [3.05, 3.63) is 72.8 Å². The van der Waals surface area contributed by atoms with Crippen LogP contribution in [0.25, 0.3) is 5.69 Å². The van der Waals surface area contributed by atoms with E-state index in [4.69, 9.17) is 11.6 Å². The Morgan fingerprint density at radius 2 is 1.80 bits per heavy atom. The van der Waals surface area contributed by atoms with Gasteiger partial charge < -0.3 is 5.32 Å². The topological polar surface area (TPSA) is 115 Å². The third kappa shape index (κ3) is 6.67. The van der Waals surface area contributed by atoms with Crippen LogP contribution in [0.15, 0.2) is 56.6 Å². The number of thioether (sulfide) groups is 1. The van der Waals surface area contributed by atoms with Crippen LogP contribution in [-0.2, 0) is 11.3 Å². The molecule has 14 heteroatoms. The number of amides is 2. The Kier molecular flexibility index (Phi) is 8.55. The van der Waals surface area contributed by atoms with E-state index in [1.807, 2.05) is 31.2 Å². The highest BCUT2D eigenvalue weighted by atomic mass is 79.9. The summed E-state index contributed by atoms with van der Waals surface area (Å²) in [6.45, 7) is 1.91. The van der Waals surface area contributed by atoms with Crippen molar-refractivity contribution >= 4 is 83.5 Å². The van der Waals surface area contributed by atoms with Gasteiger partial charge in [0.15, 0.2) is 11.0 Å². The van der Waals surface area contributed by atoms with Crippen molar-refractivity contribution in [1.82, 2.24) is 30.3 Å². The molecule has 9 nitrogen and oxygen atoms in total. The van der Waals surface area contributed by atoms with E-state index in [1.54, 1.807) is 22.8 Å². The van der Waals surface area contributed by atoms with Gasteiger partial charge in [-0.05, 0) is 49.4 Å². The molecule has 0 atom stereocenters. The summed E-state index contributed by atoms with van der Waals surface area (Å²) in [5.41, 5.74) is 1.12. The Hall–Kier alpha value is -2.32. The van der Waals surface area contributed by atoms with E-state index in [0.29, 0.717) is 26.7 Å². The van der Waals surface area contributed by atoms with E-state index in [2.05, 4.69) is 62.9 Å². The second-order valence-corrected chi connectivity index (χ2v) is 11.3. The number of aromatic nitrogens is 5. The summed E-state index contributed by atoms with van der Waals surface area (Å²) in [4.78, 5) is 25.1. The maximum atomic E-state index is 12.7. The average Bonchev–Trinajstić information content (AvgIpc) is 3.43. The predicted octanol–water partition coefficient (Wildman–Crippen LogP) is 5.27. The number of hydrogen-bond donors (Lipinski definition) is 2. The van der Waals surface area contributed by atoms with E-state index in [-0.39, 0.29) is 24.1 Å². The molecule has 0 aliphatic heterocycles. The molecule has 2 N–H and O–H groups in total. The molecule has 4 rings (SSSR count). The highest BCUT2D eigenvalue weighted by Crippen LogP contribution is 2.25. The number of benzene rings is 2. The minimum atomic E-state index is -0.345. The molecule has 4 aromatic rings. The van der Waals surface area contributed by atoms with Gasteiger partial charge >= 0.3 is 0 Å². The zero-order valence-electron chi connectivity index (χ0n) is 18.0. The summed E-state index contributed by atoms with van der Waals surface area (Å²) >= 11 is 15.5. The van der Waals surface area contributed by atoms with E-state index in [1.165, 1.54) is 23.1 Å². The fourth-order valence-electron chi connectivity index (χ4n) is 2.92. The van der Waals surface area contributed by atoms with Crippen LogP contribution < -0.4 is 10.6 Å². The molecule has 2 heterocycles. The summed E-state index contributed by atoms with van der Waals surface area (Å²) in [6.07, 6.45) is 0. The first-order chi connectivity index (χ1) is 16.8. The lowest BCUT2D eigenvalue weighted by molar-refractivity contribution is -0.113. The van der Waals surface area contributed by atoms with Crippen LogP contribution in [0.3, 0.4) is 0 Å². The molecule has 2 aromatic heterocycles. The van der Waals surface area contributed by atoms with Crippen LogP contribution in [-0.4, -0.2) is 42.5 Å². The van der Waals surface area contributed by atoms with Crippen molar-refractivity contribution in [2.24, 2.45) is 0 Å². The summed E-state index contributed by atoms with van der Waals surface area (Å²) in [5, 5.41) is 23.9. The van der Waals surface area contributed by atoms with Crippen LogP contribution in [0.5, 0.6) is 0 Å². The second kappa shape index (κ2) is 11.6. The van der Waals surface area contributed by atoms with Crippen LogP contribution in [0.2, 0.25) is 5.02 Å². The minimum Gasteiger partial charge on any atom is -0.345 e. The maximum Gasteiger partial charge on any atom is 0.253 e. The first-order valence-electron chi connectivity index (χ1n) is 9.96. The number of anilines is 1. The van der Waals surface area contributed by atoms with Gasteiger partial charge in [-0.25, -0.2) is 0 Å². The Labute approximate surface area is 230 Å². The molecular weight excluding hydrogens is 642 g/mol. The fraction of sp³-hybridized carbons (Fsp3) is 0.143. The van der Waals surface area contributed by atoms with Gasteiger partial charge in [-0.1, -0.05) is 66.6 Å². The third-order valence-electron chi connectivity index (χ3n) is 4.47. The van der Waals surface area contributed by atoms with Crippen molar-refractivity contribution in [3.63, 3.8) is 0 Å². The summed E-state index contributed by atoms with van der Waals surface area (Å²) in [5.74, 6) is 0.000473. The van der Waals surface area contributed by atoms with Gasteiger partial charge in [-0.2, -0.15) is 0 Å². The van der Waals surface area contributed by atoms with Crippen LogP contribution in [0, 0.1) is 6.92 Å². The second-order valence-electron chi connectivity index (χ2n) is 6.98. The van der Waals surface area contributed by atoms with Gasteiger partial charge in [0.1, 0.15) is 5.01 Å². The van der Waals surface area contributed by atoms with Crippen LogP contribution in [0.4, 0.5) is 5.13 Å². The summed E-state index contributed by atoms with van der Waals surface area (Å²) in [7, 11) is 0. The Morgan fingerprint density at radius 3 is 2.51 bits per heavy atom. The van der Waals surface area contributed by atoms with Crippen LogP contribution in [0.1, 0.15) is 21.2 Å². The highest BCUT2D eigenvalue weighted by Gasteiger charge is 2.18. The standard InChI is InChI=1S/C21H16Br2ClN7O2S2/c1-11-27-29-20(35-11)26-18(32)10-34-21-30-28-17(31(21)14-5-2-12(22)3-6-14)9-25-19(33)15-8-13(23)4-7-16(15)24/h2-8H,9-10H2,1H3,(H,25,33)(H,26,29,32). The van der Waals surface area contributed by atoms with Gasteiger partial charge in [0.05, 0.1) is 22.9 Å². The number of carbonyl (C=O) groups is 2. The van der Waals surface area contributed by atoms with E-state index in [0.717, 1.165) is 19.6 Å². The van der Waals surface area contributed by atoms with E-state index < -0.39 is 0 Å². The monoisotopic (exact) mass is 655 g/mol. The number of halogens is 3.